The number of hydrogen-bond acceptors (Lipinski definition) is 3. The van der Waals surface area contributed by atoms with E-state index in [4.69, 9.17) is 0 Å². The predicted octanol–water partition coefficient (Wildman–Crippen LogP) is 3.16. The van der Waals surface area contributed by atoms with Crippen molar-refractivity contribution in [3.63, 3.8) is 0 Å². The molecule has 8 heteroatoms. The Balaban J connectivity index is 2.34. The molecule has 20 heavy (non-hydrogen) atoms. The molecule has 0 fully saturated rings. The maximum Gasteiger partial charge on any atom is 0.417 e. The quantitative estimate of drug-likeness (QED) is 0.925. The summed E-state index contributed by atoms with van der Waals surface area (Å²) in [5, 5.41) is 14.3. The maximum absolute atomic E-state index is 12.5. The molecule has 2 heterocycles. The number of hydrogen-bond donors (Lipinski definition) is 1. The fourth-order valence-corrected chi connectivity index (χ4v) is 2.28. The van der Waals surface area contributed by atoms with Crippen molar-refractivity contribution in [1.29, 1.82) is 0 Å². The second-order valence-corrected chi connectivity index (χ2v) is 4.92. The number of nitrogens with zero attached hydrogens (tertiary/aromatic N) is 3. The van der Waals surface area contributed by atoms with Crippen LogP contribution in [0, 0.1) is 0 Å². The van der Waals surface area contributed by atoms with Crippen LogP contribution in [-0.4, -0.2) is 19.9 Å². The van der Waals surface area contributed by atoms with Crippen molar-refractivity contribution in [3.8, 4) is 0 Å². The van der Waals surface area contributed by atoms with Crippen LogP contribution in [0.15, 0.2) is 29.0 Å². The van der Waals surface area contributed by atoms with E-state index >= 15 is 0 Å². The van der Waals surface area contributed by atoms with Gasteiger partial charge in [-0.15, -0.1) is 0 Å². The molecule has 2 aromatic heterocycles. The highest BCUT2D eigenvalue weighted by Crippen LogP contribution is 2.31. The molecule has 2 aromatic rings. The molecular formula is C12H11BrF3N3O. The summed E-state index contributed by atoms with van der Waals surface area (Å²) >= 11 is 3.25. The van der Waals surface area contributed by atoms with Gasteiger partial charge in [0.1, 0.15) is 6.10 Å². The summed E-state index contributed by atoms with van der Waals surface area (Å²) in [6, 6.07) is 2.05. The van der Waals surface area contributed by atoms with Gasteiger partial charge in [0.15, 0.2) is 0 Å². The molecule has 0 bridgehead atoms. The van der Waals surface area contributed by atoms with Crippen molar-refractivity contribution < 1.29 is 18.3 Å². The molecule has 1 unspecified atom stereocenters. The first-order chi connectivity index (χ1) is 9.34. The summed E-state index contributed by atoms with van der Waals surface area (Å²) < 4.78 is 39.5. The number of rotatable bonds is 3. The van der Waals surface area contributed by atoms with Crippen LogP contribution in [-0.2, 0) is 12.7 Å². The van der Waals surface area contributed by atoms with E-state index in [0.29, 0.717) is 22.9 Å². The third kappa shape index (κ3) is 2.85. The fraction of sp³-hybridized carbons (Fsp3) is 0.333. The number of halogens is 4. The Morgan fingerprint density at radius 1 is 1.35 bits per heavy atom. The third-order valence-electron chi connectivity index (χ3n) is 2.79. The van der Waals surface area contributed by atoms with Crippen LogP contribution in [0.3, 0.4) is 0 Å². The molecule has 0 aromatic carbocycles. The first-order valence-electron chi connectivity index (χ1n) is 5.77. The topological polar surface area (TPSA) is 50.9 Å². The van der Waals surface area contributed by atoms with Crippen molar-refractivity contribution in [3.05, 3.63) is 46.0 Å². The van der Waals surface area contributed by atoms with Gasteiger partial charge in [-0.3, -0.25) is 9.67 Å². The third-order valence-corrected chi connectivity index (χ3v) is 3.40. The van der Waals surface area contributed by atoms with E-state index in [-0.39, 0.29) is 5.69 Å². The minimum absolute atomic E-state index is 0.133. The Hall–Kier alpha value is -1.41. The molecule has 1 atom stereocenters. The van der Waals surface area contributed by atoms with Gasteiger partial charge in [0.25, 0.3) is 0 Å². The van der Waals surface area contributed by atoms with Crippen LogP contribution in [0.2, 0.25) is 0 Å². The molecule has 0 aliphatic heterocycles. The number of aliphatic hydroxyl groups excluding tert-OH is 1. The van der Waals surface area contributed by atoms with E-state index in [1.165, 1.54) is 6.20 Å². The average molecular weight is 350 g/mol. The van der Waals surface area contributed by atoms with Crippen LogP contribution >= 0.6 is 15.9 Å². The smallest absolute Gasteiger partial charge is 0.380 e. The Morgan fingerprint density at radius 2 is 2.05 bits per heavy atom. The molecule has 0 aliphatic carbocycles. The highest BCUT2D eigenvalue weighted by molar-refractivity contribution is 9.10. The SMILES string of the molecule is CCn1ncc(Br)c1C(O)c1ccc(C(F)(F)F)cn1. The standard InChI is InChI=1S/C12H11BrF3N3O/c1-2-19-10(8(13)6-18-19)11(20)9-4-3-7(5-17-9)12(14,15)16/h3-6,11,20H,2H2,1H3. The van der Waals surface area contributed by atoms with E-state index < -0.39 is 17.8 Å². The molecule has 0 aliphatic rings. The van der Waals surface area contributed by atoms with Crippen LogP contribution in [0.5, 0.6) is 0 Å². The number of aliphatic hydroxyl groups is 1. The lowest BCUT2D eigenvalue weighted by Gasteiger charge is -2.14. The van der Waals surface area contributed by atoms with Gasteiger partial charge in [0.05, 0.1) is 27.6 Å². The molecule has 4 nitrogen and oxygen atoms in total. The van der Waals surface area contributed by atoms with Crippen molar-refractivity contribution in [1.82, 2.24) is 14.8 Å². The van der Waals surface area contributed by atoms with E-state index in [0.717, 1.165) is 12.1 Å². The number of aromatic nitrogens is 3. The molecule has 0 saturated carbocycles. The Bertz CT molecular complexity index is 595. The zero-order valence-electron chi connectivity index (χ0n) is 10.4. The average Bonchev–Trinajstić information content (AvgIpc) is 2.78. The van der Waals surface area contributed by atoms with Gasteiger partial charge in [-0.1, -0.05) is 0 Å². The lowest BCUT2D eigenvalue weighted by Crippen LogP contribution is -2.12. The Morgan fingerprint density at radius 3 is 2.55 bits per heavy atom. The molecule has 0 amide bonds. The van der Waals surface area contributed by atoms with Gasteiger partial charge < -0.3 is 5.11 Å². The van der Waals surface area contributed by atoms with E-state index in [1.807, 2.05) is 6.92 Å². The molecule has 0 saturated heterocycles. The van der Waals surface area contributed by atoms with Gasteiger partial charge in [-0.25, -0.2) is 0 Å². The summed E-state index contributed by atoms with van der Waals surface area (Å²) in [5.41, 5.74) is -0.259. The first-order valence-corrected chi connectivity index (χ1v) is 6.56. The van der Waals surface area contributed by atoms with Crippen molar-refractivity contribution in [2.75, 3.05) is 0 Å². The molecular weight excluding hydrogens is 339 g/mol. The largest absolute Gasteiger partial charge is 0.417 e. The van der Waals surface area contributed by atoms with Crippen molar-refractivity contribution >= 4 is 15.9 Å². The second kappa shape index (κ2) is 5.53. The van der Waals surface area contributed by atoms with Gasteiger partial charge in [0, 0.05) is 12.7 Å². The van der Waals surface area contributed by atoms with Crippen LogP contribution < -0.4 is 0 Å². The lowest BCUT2D eigenvalue weighted by atomic mass is 10.1. The van der Waals surface area contributed by atoms with Crippen LogP contribution in [0.25, 0.3) is 0 Å². The molecule has 108 valence electrons. The maximum atomic E-state index is 12.5. The van der Waals surface area contributed by atoms with Crippen molar-refractivity contribution in [2.24, 2.45) is 0 Å². The molecule has 0 radical (unpaired) electrons. The summed E-state index contributed by atoms with van der Waals surface area (Å²) in [6.45, 7) is 2.37. The fourth-order valence-electron chi connectivity index (χ4n) is 1.77. The summed E-state index contributed by atoms with van der Waals surface area (Å²) in [6.07, 6.45) is -3.36. The van der Waals surface area contributed by atoms with Gasteiger partial charge in [0.2, 0.25) is 0 Å². The Kier molecular flexibility index (Phi) is 4.14. The van der Waals surface area contributed by atoms with Crippen LogP contribution in [0.1, 0.15) is 30.0 Å². The zero-order valence-corrected chi connectivity index (χ0v) is 12.0. The normalized spacial score (nSPS) is 13.5. The minimum Gasteiger partial charge on any atom is -0.380 e. The molecule has 0 spiro atoms. The monoisotopic (exact) mass is 349 g/mol. The Labute approximate surface area is 121 Å². The second-order valence-electron chi connectivity index (χ2n) is 4.07. The van der Waals surface area contributed by atoms with E-state index in [1.54, 1.807) is 4.68 Å². The van der Waals surface area contributed by atoms with E-state index in [9.17, 15) is 18.3 Å². The number of alkyl halides is 3. The van der Waals surface area contributed by atoms with E-state index in [2.05, 4.69) is 26.0 Å². The summed E-state index contributed by atoms with van der Waals surface area (Å²) in [4.78, 5) is 3.69. The molecule has 1 N–H and O–H groups in total. The lowest BCUT2D eigenvalue weighted by molar-refractivity contribution is -0.137. The van der Waals surface area contributed by atoms with Gasteiger partial charge in [-0.2, -0.15) is 18.3 Å². The number of pyridine rings is 1. The van der Waals surface area contributed by atoms with Crippen LogP contribution in [0.4, 0.5) is 13.2 Å². The molecule has 2 rings (SSSR count). The number of aryl methyl sites for hydroxylation is 1. The summed E-state index contributed by atoms with van der Waals surface area (Å²) in [7, 11) is 0. The highest BCUT2D eigenvalue weighted by atomic mass is 79.9. The predicted molar refractivity (Wildman–Crippen MR) is 68.9 cm³/mol. The van der Waals surface area contributed by atoms with Gasteiger partial charge >= 0.3 is 6.18 Å². The van der Waals surface area contributed by atoms with Crippen molar-refractivity contribution in [2.45, 2.75) is 25.7 Å². The summed E-state index contributed by atoms with van der Waals surface area (Å²) in [5.74, 6) is 0. The zero-order chi connectivity index (χ0) is 14.9. The van der Waals surface area contributed by atoms with Gasteiger partial charge in [-0.05, 0) is 35.0 Å². The minimum atomic E-state index is -4.44. The first kappa shape index (κ1) is 15.0. The highest BCUT2D eigenvalue weighted by Gasteiger charge is 2.31.